The zero-order valence-corrected chi connectivity index (χ0v) is 17.8. The van der Waals surface area contributed by atoms with Crippen LogP contribution in [0.2, 0.25) is 0 Å². The Morgan fingerprint density at radius 3 is 2.61 bits per heavy atom. The number of tetrazole rings is 1. The van der Waals surface area contributed by atoms with Gasteiger partial charge < -0.3 is 14.8 Å². The summed E-state index contributed by atoms with van der Waals surface area (Å²) in [6.45, 7) is 2.85. The number of piperazine rings is 1. The number of aromatic nitrogens is 6. The van der Waals surface area contributed by atoms with Gasteiger partial charge in [-0.2, -0.15) is 4.68 Å². The molecule has 1 fully saturated rings. The minimum absolute atomic E-state index is 0.0815. The van der Waals surface area contributed by atoms with Crippen LogP contribution in [-0.2, 0) is 4.79 Å². The van der Waals surface area contributed by atoms with Crippen molar-refractivity contribution in [2.45, 2.75) is 13.0 Å². The zero-order chi connectivity index (χ0) is 22.9. The molecule has 0 radical (unpaired) electrons. The van der Waals surface area contributed by atoms with Crippen molar-refractivity contribution < 1.29 is 14.4 Å². The van der Waals surface area contributed by atoms with Crippen LogP contribution in [-0.4, -0.2) is 83.2 Å². The minimum Gasteiger partial charge on any atom is -0.345 e. The summed E-state index contributed by atoms with van der Waals surface area (Å²) in [6, 6.07) is 12.1. The molecular weight excluding hydrogens is 424 g/mol. The van der Waals surface area contributed by atoms with E-state index >= 15 is 0 Å². The predicted octanol–water partition coefficient (Wildman–Crippen LogP) is 1.09. The molecule has 0 saturated carbocycles. The number of amides is 2. The van der Waals surface area contributed by atoms with Crippen LogP contribution >= 0.6 is 0 Å². The molecule has 1 unspecified atom stereocenters. The first-order valence-corrected chi connectivity index (χ1v) is 10.4. The van der Waals surface area contributed by atoms with Crippen molar-refractivity contribution in [3.8, 4) is 5.82 Å². The van der Waals surface area contributed by atoms with E-state index in [9.17, 15) is 14.4 Å². The number of benzene rings is 1. The van der Waals surface area contributed by atoms with Gasteiger partial charge in [-0.1, -0.05) is 18.2 Å². The van der Waals surface area contributed by atoms with Crippen molar-refractivity contribution in [2.24, 2.45) is 0 Å². The molecule has 166 valence electrons. The molecular formula is C22H20N8O3. The fraction of sp³-hybridized carbons (Fsp3) is 0.227. The minimum atomic E-state index is -0.618. The van der Waals surface area contributed by atoms with Crippen LogP contribution in [0.25, 0.3) is 16.9 Å². The number of Topliss-reactive ketones (excluding diaryl/α,β-unsaturated/α-hetero) is 1. The number of carbonyl (C=O) groups is 3. The smallest absolute Gasteiger partial charge is 0.295 e. The van der Waals surface area contributed by atoms with E-state index in [4.69, 9.17) is 0 Å². The van der Waals surface area contributed by atoms with Gasteiger partial charge in [-0.3, -0.25) is 14.4 Å². The zero-order valence-electron chi connectivity index (χ0n) is 17.8. The Hall–Kier alpha value is -4.41. The lowest BCUT2D eigenvalue weighted by Crippen LogP contribution is -2.56. The normalized spacial score (nSPS) is 16.2. The lowest BCUT2D eigenvalue weighted by molar-refractivity contribution is -0.130. The first kappa shape index (κ1) is 20.5. The lowest BCUT2D eigenvalue weighted by Gasteiger charge is -2.39. The number of fused-ring (bicyclic) bond motifs is 1. The summed E-state index contributed by atoms with van der Waals surface area (Å²) in [5, 5.41) is 11.5. The van der Waals surface area contributed by atoms with E-state index in [1.54, 1.807) is 29.2 Å². The van der Waals surface area contributed by atoms with E-state index in [2.05, 4.69) is 25.5 Å². The molecule has 5 rings (SSSR count). The number of pyridine rings is 1. The van der Waals surface area contributed by atoms with E-state index in [0.717, 1.165) is 0 Å². The van der Waals surface area contributed by atoms with Gasteiger partial charge in [0.25, 0.3) is 17.6 Å². The highest BCUT2D eigenvalue weighted by Crippen LogP contribution is 2.21. The maximum Gasteiger partial charge on any atom is 0.295 e. The maximum absolute atomic E-state index is 13.1. The van der Waals surface area contributed by atoms with Gasteiger partial charge in [0.05, 0.1) is 5.56 Å². The molecule has 0 aliphatic carbocycles. The largest absolute Gasteiger partial charge is 0.345 e. The van der Waals surface area contributed by atoms with Crippen molar-refractivity contribution >= 4 is 28.6 Å². The highest BCUT2D eigenvalue weighted by molar-refractivity contribution is 6.44. The molecule has 1 aliphatic heterocycles. The summed E-state index contributed by atoms with van der Waals surface area (Å²) in [4.78, 5) is 49.4. The van der Waals surface area contributed by atoms with Gasteiger partial charge in [0.15, 0.2) is 5.82 Å². The van der Waals surface area contributed by atoms with E-state index in [0.29, 0.717) is 35.5 Å². The number of H-pyrrole nitrogens is 1. The predicted molar refractivity (Wildman–Crippen MR) is 117 cm³/mol. The molecule has 3 aromatic heterocycles. The van der Waals surface area contributed by atoms with Crippen molar-refractivity contribution in [3.05, 3.63) is 66.1 Å². The SMILES string of the molecule is CC1CN(C(=O)c2ccccc2)CCN1C(=O)C(=O)c1c[nH]c2nc(-n3cnnn3)ccc12. The molecule has 2 amide bonds. The summed E-state index contributed by atoms with van der Waals surface area (Å²) >= 11 is 0. The van der Waals surface area contributed by atoms with Gasteiger partial charge >= 0.3 is 0 Å². The number of ketones is 1. The summed E-state index contributed by atoms with van der Waals surface area (Å²) < 4.78 is 1.39. The molecule has 1 N–H and O–H groups in total. The number of hydrogen-bond donors (Lipinski definition) is 1. The summed E-state index contributed by atoms with van der Waals surface area (Å²) in [6.07, 6.45) is 2.90. The number of hydrogen-bond acceptors (Lipinski definition) is 7. The average Bonchev–Trinajstić information content (AvgIpc) is 3.53. The van der Waals surface area contributed by atoms with E-state index in [-0.39, 0.29) is 24.1 Å². The number of nitrogens with zero attached hydrogens (tertiary/aromatic N) is 7. The fourth-order valence-corrected chi connectivity index (χ4v) is 4.03. The molecule has 33 heavy (non-hydrogen) atoms. The van der Waals surface area contributed by atoms with Gasteiger partial charge in [0.2, 0.25) is 0 Å². The Labute approximate surface area is 188 Å². The first-order valence-electron chi connectivity index (χ1n) is 10.4. The highest BCUT2D eigenvalue weighted by atomic mass is 16.2. The highest BCUT2D eigenvalue weighted by Gasteiger charge is 2.34. The second-order valence-corrected chi connectivity index (χ2v) is 7.82. The lowest BCUT2D eigenvalue weighted by atomic mass is 10.1. The Morgan fingerprint density at radius 1 is 1.06 bits per heavy atom. The molecule has 11 heteroatoms. The third-order valence-electron chi connectivity index (χ3n) is 5.74. The molecule has 1 aromatic carbocycles. The molecule has 1 aliphatic rings. The number of nitrogens with one attached hydrogen (secondary N) is 1. The Bertz CT molecular complexity index is 1330. The van der Waals surface area contributed by atoms with E-state index in [1.807, 2.05) is 25.1 Å². The van der Waals surface area contributed by atoms with Gasteiger partial charge in [-0.05, 0) is 41.6 Å². The molecule has 1 saturated heterocycles. The molecule has 1 atom stereocenters. The van der Waals surface area contributed by atoms with Crippen LogP contribution < -0.4 is 0 Å². The van der Waals surface area contributed by atoms with Crippen molar-refractivity contribution in [2.75, 3.05) is 19.6 Å². The van der Waals surface area contributed by atoms with Crippen LogP contribution in [0.4, 0.5) is 0 Å². The Kier molecular flexibility index (Phi) is 5.13. The molecule has 11 nitrogen and oxygen atoms in total. The number of carbonyl (C=O) groups excluding carboxylic acids is 3. The van der Waals surface area contributed by atoms with Crippen molar-refractivity contribution in [1.82, 2.24) is 40.0 Å². The van der Waals surface area contributed by atoms with E-state index < -0.39 is 11.7 Å². The van der Waals surface area contributed by atoms with Crippen LogP contribution in [0.5, 0.6) is 0 Å². The molecule has 0 bridgehead atoms. The Balaban J connectivity index is 1.31. The maximum atomic E-state index is 13.1. The third-order valence-corrected chi connectivity index (χ3v) is 5.74. The van der Waals surface area contributed by atoms with Gasteiger partial charge in [-0.25, -0.2) is 4.98 Å². The second-order valence-electron chi connectivity index (χ2n) is 7.82. The van der Waals surface area contributed by atoms with Gasteiger partial charge in [0, 0.05) is 42.8 Å². The fourth-order valence-electron chi connectivity index (χ4n) is 4.03. The topological polar surface area (TPSA) is 130 Å². The monoisotopic (exact) mass is 444 g/mol. The van der Waals surface area contributed by atoms with E-state index in [1.165, 1.54) is 22.1 Å². The molecule has 4 aromatic rings. The van der Waals surface area contributed by atoms with Crippen LogP contribution in [0, 0.1) is 0 Å². The van der Waals surface area contributed by atoms with Gasteiger partial charge in [0.1, 0.15) is 12.0 Å². The average molecular weight is 444 g/mol. The number of aromatic amines is 1. The third kappa shape index (κ3) is 3.73. The standard InChI is InChI=1S/C22H20N8O3/c1-14-12-28(21(32)15-5-3-2-4-6-15)9-10-29(14)22(33)19(31)17-11-23-20-16(17)7-8-18(25-20)30-13-24-26-27-30/h2-8,11,13-14H,9-10,12H2,1H3,(H,23,25). The summed E-state index contributed by atoms with van der Waals surface area (Å²) in [7, 11) is 0. The first-order chi connectivity index (χ1) is 16.0. The molecule has 0 spiro atoms. The van der Waals surface area contributed by atoms with Crippen molar-refractivity contribution in [1.29, 1.82) is 0 Å². The number of rotatable bonds is 4. The van der Waals surface area contributed by atoms with Gasteiger partial charge in [-0.15, -0.1) is 5.10 Å². The van der Waals surface area contributed by atoms with Crippen LogP contribution in [0.15, 0.2) is 55.0 Å². The summed E-state index contributed by atoms with van der Waals surface area (Å²) in [5.41, 5.74) is 1.30. The quantitative estimate of drug-likeness (QED) is 0.368. The summed E-state index contributed by atoms with van der Waals surface area (Å²) in [5.74, 6) is -0.817. The second kappa shape index (κ2) is 8.26. The van der Waals surface area contributed by atoms with Crippen LogP contribution in [0.1, 0.15) is 27.6 Å². The van der Waals surface area contributed by atoms with Crippen LogP contribution in [0.3, 0.4) is 0 Å². The Morgan fingerprint density at radius 2 is 1.88 bits per heavy atom. The molecule has 4 heterocycles. The van der Waals surface area contributed by atoms with Crippen molar-refractivity contribution in [3.63, 3.8) is 0 Å².